The molecular formula is C19H25F3O2. The van der Waals surface area contributed by atoms with Crippen molar-refractivity contribution >= 4 is 0 Å². The van der Waals surface area contributed by atoms with E-state index in [1.165, 1.54) is 12.1 Å². The molecule has 24 heavy (non-hydrogen) atoms. The molecule has 1 heterocycles. The topological polar surface area (TPSA) is 18.5 Å². The average Bonchev–Trinajstić information content (AvgIpc) is 2.54. The number of ether oxygens (including phenoxy) is 2. The monoisotopic (exact) mass is 342 g/mol. The Balaban J connectivity index is 1.80. The van der Waals surface area contributed by atoms with Crippen LogP contribution in [0.2, 0.25) is 0 Å². The Morgan fingerprint density at radius 1 is 1.04 bits per heavy atom. The standard InChI is InChI=1S/C19H25F3O2/c1-18(2)11-23-17(24-12-18)16-9-4-3-8-15(16)13-6-5-7-14(10-13)19(20,21)22/h5-7,10,15-17H,3-4,8-9,11-12H2,1-2H3/t15-,16+/m0/s1. The lowest BCUT2D eigenvalue weighted by Crippen LogP contribution is -2.43. The first-order chi connectivity index (χ1) is 11.3. The third-order valence-electron chi connectivity index (χ3n) is 5.09. The zero-order valence-electron chi connectivity index (χ0n) is 14.2. The molecule has 134 valence electrons. The minimum atomic E-state index is -4.30. The molecule has 1 aromatic carbocycles. The summed E-state index contributed by atoms with van der Waals surface area (Å²) in [6.07, 6.45) is -0.674. The Kier molecular flexibility index (Phi) is 4.94. The lowest BCUT2D eigenvalue weighted by Gasteiger charge is -2.42. The summed E-state index contributed by atoms with van der Waals surface area (Å²) in [6, 6.07) is 5.76. The Morgan fingerprint density at radius 2 is 1.71 bits per heavy atom. The predicted molar refractivity (Wildman–Crippen MR) is 85.6 cm³/mol. The van der Waals surface area contributed by atoms with Gasteiger partial charge in [0.25, 0.3) is 0 Å². The van der Waals surface area contributed by atoms with E-state index in [0.717, 1.165) is 37.3 Å². The average molecular weight is 342 g/mol. The largest absolute Gasteiger partial charge is 0.416 e. The van der Waals surface area contributed by atoms with Gasteiger partial charge in [0.05, 0.1) is 18.8 Å². The Morgan fingerprint density at radius 3 is 2.38 bits per heavy atom. The van der Waals surface area contributed by atoms with Crippen molar-refractivity contribution in [3.05, 3.63) is 35.4 Å². The molecule has 5 heteroatoms. The van der Waals surface area contributed by atoms with Crippen LogP contribution in [0.3, 0.4) is 0 Å². The maximum absolute atomic E-state index is 13.0. The number of rotatable bonds is 2. The van der Waals surface area contributed by atoms with E-state index >= 15 is 0 Å². The molecule has 1 aromatic rings. The van der Waals surface area contributed by atoms with Crippen molar-refractivity contribution in [2.45, 2.75) is 57.9 Å². The lowest BCUT2D eigenvalue weighted by molar-refractivity contribution is -0.249. The van der Waals surface area contributed by atoms with Gasteiger partial charge in [0.15, 0.2) is 6.29 Å². The summed E-state index contributed by atoms with van der Waals surface area (Å²) >= 11 is 0. The van der Waals surface area contributed by atoms with Gasteiger partial charge in [-0.3, -0.25) is 0 Å². The fourth-order valence-corrected chi connectivity index (χ4v) is 3.80. The number of hydrogen-bond acceptors (Lipinski definition) is 2. The van der Waals surface area contributed by atoms with Gasteiger partial charge in [-0.25, -0.2) is 0 Å². The molecule has 1 aliphatic carbocycles. The second-order valence-corrected chi connectivity index (χ2v) is 7.83. The summed E-state index contributed by atoms with van der Waals surface area (Å²) in [5.74, 6) is 0.186. The van der Waals surface area contributed by atoms with Crippen molar-refractivity contribution in [2.24, 2.45) is 11.3 Å². The SMILES string of the molecule is CC1(C)COC([C@@H]2CCCC[C@H]2c2cccc(C(F)(F)F)c2)OC1. The van der Waals surface area contributed by atoms with E-state index in [0.29, 0.717) is 13.2 Å². The van der Waals surface area contributed by atoms with Crippen LogP contribution in [-0.2, 0) is 15.7 Å². The van der Waals surface area contributed by atoms with E-state index < -0.39 is 11.7 Å². The van der Waals surface area contributed by atoms with Gasteiger partial charge in [-0.15, -0.1) is 0 Å². The smallest absolute Gasteiger partial charge is 0.352 e. The van der Waals surface area contributed by atoms with Crippen molar-refractivity contribution in [3.63, 3.8) is 0 Å². The minimum Gasteiger partial charge on any atom is -0.352 e. The minimum absolute atomic E-state index is 0.00311. The lowest BCUT2D eigenvalue weighted by atomic mass is 9.74. The van der Waals surface area contributed by atoms with E-state index in [2.05, 4.69) is 13.8 Å². The van der Waals surface area contributed by atoms with E-state index in [4.69, 9.17) is 9.47 Å². The Labute approximate surface area is 141 Å². The summed E-state index contributed by atoms with van der Waals surface area (Å²) in [7, 11) is 0. The van der Waals surface area contributed by atoms with Gasteiger partial charge in [-0.05, 0) is 30.4 Å². The third kappa shape index (κ3) is 3.94. The van der Waals surface area contributed by atoms with Crippen molar-refractivity contribution in [2.75, 3.05) is 13.2 Å². The molecule has 2 atom stereocenters. The summed E-state index contributed by atoms with van der Waals surface area (Å²) < 4.78 is 50.9. The van der Waals surface area contributed by atoms with Crippen molar-refractivity contribution in [1.82, 2.24) is 0 Å². The zero-order chi connectivity index (χ0) is 17.4. The first kappa shape index (κ1) is 17.7. The van der Waals surface area contributed by atoms with Gasteiger partial charge in [-0.1, -0.05) is 44.9 Å². The Bertz CT molecular complexity index is 558. The fraction of sp³-hybridized carbons (Fsp3) is 0.684. The summed E-state index contributed by atoms with van der Waals surface area (Å²) in [4.78, 5) is 0. The molecule has 0 radical (unpaired) electrons. The highest BCUT2D eigenvalue weighted by Crippen LogP contribution is 2.43. The van der Waals surface area contributed by atoms with Crippen LogP contribution in [0.1, 0.15) is 56.6 Å². The summed E-state index contributed by atoms with van der Waals surface area (Å²) in [5, 5.41) is 0. The van der Waals surface area contributed by atoms with Crippen LogP contribution in [0.25, 0.3) is 0 Å². The molecule has 2 nitrogen and oxygen atoms in total. The molecule has 1 saturated heterocycles. The van der Waals surface area contributed by atoms with E-state index in [1.54, 1.807) is 0 Å². The zero-order valence-corrected chi connectivity index (χ0v) is 14.2. The highest BCUT2D eigenvalue weighted by Gasteiger charge is 2.39. The van der Waals surface area contributed by atoms with E-state index in [1.807, 2.05) is 6.07 Å². The van der Waals surface area contributed by atoms with Crippen LogP contribution in [0.5, 0.6) is 0 Å². The summed E-state index contributed by atoms with van der Waals surface area (Å²) in [5.41, 5.74) is 0.180. The molecule has 0 amide bonds. The summed E-state index contributed by atoms with van der Waals surface area (Å²) in [6.45, 7) is 5.44. The highest BCUT2D eigenvalue weighted by atomic mass is 19.4. The van der Waals surface area contributed by atoms with Crippen LogP contribution in [0.4, 0.5) is 13.2 Å². The Hall–Kier alpha value is -1.07. The molecule has 2 fully saturated rings. The quantitative estimate of drug-likeness (QED) is 0.718. The van der Waals surface area contributed by atoms with Gasteiger partial charge in [0.1, 0.15) is 0 Å². The molecule has 0 bridgehead atoms. The molecule has 0 aromatic heterocycles. The van der Waals surface area contributed by atoms with Gasteiger partial charge >= 0.3 is 6.18 Å². The van der Waals surface area contributed by atoms with Crippen LogP contribution in [0, 0.1) is 11.3 Å². The van der Waals surface area contributed by atoms with Gasteiger partial charge in [0.2, 0.25) is 0 Å². The van der Waals surface area contributed by atoms with Crippen LogP contribution in [-0.4, -0.2) is 19.5 Å². The molecule has 3 rings (SSSR count). The van der Waals surface area contributed by atoms with E-state index in [-0.39, 0.29) is 23.5 Å². The van der Waals surface area contributed by atoms with Crippen LogP contribution < -0.4 is 0 Å². The van der Waals surface area contributed by atoms with Crippen LogP contribution >= 0.6 is 0 Å². The van der Waals surface area contributed by atoms with Crippen LogP contribution in [0.15, 0.2) is 24.3 Å². The number of benzene rings is 1. The van der Waals surface area contributed by atoms with Crippen molar-refractivity contribution in [1.29, 1.82) is 0 Å². The molecule has 0 spiro atoms. The number of alkyl halides is 3. The maximum atomic E-state index is 13.0. The second-order valence-electron chi connectivity index (χ2n) is 7.83. The number of halogens is 3. The van der Waals surface area contributed by atoms with Gasteiger partial charge < -0.3 is 9.47 Å². The molecule has 0 N–H and O–H groups in total. The van der Waals surface area contributed by atoms with Gasteiger partial charge in [-0.2, -0.15) is 13.2 Å². The molecule has 1 saturated carbocycles. The predicted octanol–water partition coefficient (Wildman–Crippen LogP) is 5.38. The normalized spacial score (nSPS) is 28.7. The van der Waals surface area contributed by atoms with Gasteiger partial charge in [0, 0.05) is 11.3 Å². The second kappa shape index (κ2) is 6.68. The highest BCUT2D eigenvalue weighted by molar-refractivity contribution is 5.29. The molecule has 0 unspecified atom stereocenters. The molecule has 1 aliphatic heterocycles. The van der Waals surface area contributed by atoms with Crippen molar-refractivity contribution in [3.8, 4) is 0 Å². The first-order valence-electron chi connectivity index (χ1n) is 8.67. The fourth-order valence-electron chi connectivity index (χ4n) is 3.80. The van der Waals surface area contributed by atoms with E-state index in [9.17, 15) is 13.2 Å². The molecular weight excluding hydrogens is 317 g/mol. The molecule has 2 aliphatic rings. The first-order valence-corrected chi connectivity index (χ1v) is 8.67. The third-order valence-corrected chi connectivity index (χ3v) is 5.09. The van der Waals surface area contributed by atoms with Crippen molar-refractivity contribution < 1.29 is 22.6 Å². The number of hydrogen-bond donors (Lipinski definition) is 0. The maximum Gasteiger partial charge on any atom is 0.416 e.